The Morgan fingerprint density at radius 1 is 0.562 bits per heavy atom. The van der Waals surface area contributed by atoms with Gasteiger partial charge in [-0.2, -0.15) is 0 Å². The van der Waals surface area contributed by atoms with E-state index in [1.165, 1.54) is 11.1 Å². The van der Waals surface area contributed by atoms with Crippen LogP contribution in [0.15, 0.2) is 58.3 Å². The number of hydrogen-bond donors (Lipinski definition) is 2. The maximum atomic E-state index is 4.25. The number of thiol groups is 2. The lowest BCUT2D eigenvalue weighted by Gasteiger charge is -1.96. The standard InChI is InChI=1S/C14H12S2/c15-13-7-3-11(4-8-13)1-2-12-5-9-14(16)10-6-12/h1-10,15-16H/b2-1+. The summed E-state index contributed by atoms with van der Waals surface area (Å²) in [6.45, 7) is 0. The molecule has 0 atom stereocenters. The number of rotatable bonds is 2. The molecule has 16 heavy (non-hydrogen) atoms. The van der Waals surface area contributed by atoms with Crippen molar-refractivity contribution in [2.75, 3.05) is 0 Å². The van der Waals surface area contributed by atoms with Gasteiger partial charge in [-0.05, 0) is 35.4 Å². The first-order valence-corrected chi connectivity index (χ1v) is 5.90. The van der Waals surface area contributed by atoms with Gasteiger partial charge in [0.25, 0.3) is 0 Å². The van der Waals surface area contributed by atoms with Crippen molar-refractivity contribution in [2.45, 2.75) is 9.79 Å². The summed E-state index contributed by atoms with van der Waals surface area (Å²) in [6.07, 6.45) is 4.17. The highest BCUT2D eigenvalue weighted by atomic mass is 32.1. The van der Waals surface area contributed by atoms with Gasteiger partial charge in [0.1, 0.15) is 0 Å². The molecule has 0 nitrogen and oxygen atoms in total. The van der Waals surface area contributed by atoms with Crippen molar-refractivity contribution in [1.82, 2.24) is 0 Å². The van der Waals surface area contributed by atoms with Crippen LogP contribution >= 0.6 is 25.3 Å². The summed E-state index contributed by atoms with van der Waals surface area (Å²) >= 11 is 8.50. The van der Waals surface area contributed by atoms with E-state index >= 15 is 0 Å². The Balaban J connectivity index is 2.15. The van der Waals surface area contributed by atoms with Crippen LogP contribution in [0.4, 0.5) is 0 Å². The van der Waals surface area contributed by atoms with Crippen molar-refractivity contribution < 1.29 is 0 Å². The average Bonchev–Trinajstić information content (AvgIpc) is 2.30. The predicted molar refractivity (Wildman–Crippen MR) is 76.3 cm³/mol. The summed E-state index contributed by atoms with van der Waals surface area (Å²) < 4.78 is 0. The summed E-state index contributed by atoms with van der Waals surface area (Å²) in [4.78, 5) is 1.97. The van der Waals surface area contributed by atoms with Gasteiger partial charge in [0.05, 0.1) is 0 Å². The fourth-order valence-electron chi connectivity index (χ4n) is 1.36. The Kier molecular flexibility index (Phi) is 3.75. The molecule has 0 saturated heterocycles. The molecule has 0 N–H and O–H groups in total. The molecule has 0 bridgehead atoms. The van der Waals surface area contributed by atoms with Crippen LogP contribution < -0.4 is 0 Å². The molecule has 0 aliphatic carbocycles. The van der Waals surface area contributed by atoms with Crippen LogP contribution in [0.25, 0.3) is 12.2 Å². The van der Waals surface area contributed by atoms with Crippen molar-refractivity contribution >= 4 is 37.4 Å². The van der Waals surface area contributed by atoms with E-state index in [0.717, 1.165) is 9.79 Å². The van der Waals surface area contributed by atoms with E-state index in [4.69, 9.17) is 0 Å². The van der Waals surface area contributed by atoms with Crippen LogP contribution in [0.3, 0.4) is 0 Å². The van der Waals surface area contributed by atoms with Gasteiger partial charge >= 0.3 is 0 Å². The largest absolute Gasteiger partial charge is 0.143 e. The van der Waals surface area contributed by atoms with Gasteiger partial charge < -0.3 is 0 Å². The van der Waals surface area contributed by atoms with Crippen molar-refractivity contribution in [3.63, 3.8) is 0 Å². The van der Waals surface area contributed by atoms with Gasteiger partial charge in [-0.15, -0.1) is 25.3 Å². The van der Waals surface area contributed by atoms with Crippen molar-refractivity contribution in [3.05, 3.63) is 59.7 Å². The first kappa shape index (κ1) is 11.4. The molecule has 0 unspecified atom stereocenters. The lowest BCUT2D eigenvalue weighted by atomic mass is 10.1. The number of benzene rings is 2. The van der Waals surface area contributed by atoms with Gasteiger partial charge in [-0.25, -0.2) is 0 Å². The molecular formula is C14H12S2. The van der Waals surface area contributed by atoms with E-state index in [9.17, 15) is 0 Å². The summed E-state index contributed by atoms with van der Waals surface area (Å²) in [5, 5.41) is 0. The molecular weight excluding hydrogens is 232 g/mol. The average molecular weight is 244 g/mol. The summed E-state index contributed by atoms with van der Waals surface area (Å²) in [7, 11) is 0. The highest BCUT2D eigenvalue weighted by molar-refractivity contribution is 7.80. The molecule has 0 fully saturated rings. The van der Waals surface area contributed by atoms with Crippen LogP contribution in [-0.4, -0.2) is 0 Å². The van der Waals surface area contributed by atoms with E-state index in [1.54, 1.807) is 0 Å². The predicted octanol–water partition coefficient (Wildman–Crippen LogP) is 4.43. The lowest BCUT2D eigenvalue weighted by Crippen LogP contribution is -1.73. The van der Waals surface area contributed by atoms with E-state index in [-0.39, 0.29) is 0 Å². The van der Waals surface area contributed by atoms with Crippen LogP contribution in [0.1, 0.15) is 11.1 Å². The second-order valence-corrected chi connectivity index (χ2v) is 4.55. The molecule has 0 aliphatic rings. The normalized spacial score (nSPS) is 10.9. The van der Waals surface area contributed by atoms with Crippen molar-refractivity contribution in [3.8, 4) is 0 Å². The van der Waals surface area contributed by atoms with E-state index in [1.807, 2.05) is 48.5 Å². The molecule has 0 saturated carbocycles. The van der Waals surface area contributed by atoms with E-state index < -0.39 is 0 Å². The molecule has 2 aromatic carbocycles. The Hall–Kier alpha value is -1.12. The zero-order chi connectivity index (χ0) is 11.4. The van der Waals surface area contributed by atoms with E-state index in [2.05, 4.69) is 37.4 Å². The fraction of sp³-hybridized carbons (Fsp3) is 0. The molecule has 2 heteroatoms. The second-order valence-electron chi connectivity index (χ2n) is 3.52. The van der Waals surface area contributed by atoms with E-state index in [0.29, 0.717) is 0 Å². The maximum Gasteiger partial charge on any atom is 0.00403 e. The molecule has 0 aliphatic heterocycles. The third-order valence-electron chi connectivity index (χ3n) is 2.25. The van der Waals surface area contributed by atoms with Gasteiger partial charge in [0.2, 0.25) is 0 Å². The summed E-state index contributed by atoms with van der Waals surface area (Å²) in [6, 6.07) is 16.1. The van der Waals surface area contributed by atoms with Gasteiger partial charge in [0.15, 0.2) is 0 Å². The molecule has 2 rings (SSSR count). The summed E-state index contributed by atoms with van der Waals surface area (Å²) in [5.74, 6) is 0. The zero-order valence-corrected chi connectivity index (χ0v) is 10.5. The van der Waals surface area contributed by atoms with Gasteiger partial charge in [-0.3, -0.25) is 0 Å². The third-order valence-corrected chi connectivity index (χ3v) is 2.85. The first-order chi connectivity index (χ1) is 7.74. The van der Waals surface area contributed by atoms with Crippen LogP contribution in [0, 0.1) is 0 Å². The Labute approximate surface area is 107 Å². The minimum Gasteiger partial charge on any atom is -0.143 e. The lowest BCUT2D eigenvalue weighted by molar-refractivity contribution is 1.46. The van der Waals surface area contributed by atoms with Gasteiger partial charge in [0, 0.05) is 9.79 Å². The first-order valence-electron chi connectivity index (χ1n) is 5.00. The SMILES string of the molecule is Sc1ccc(/C=C/c2ccc(S)cc2)cc1. The zero-order valence-electron chi connectivity index (χ0n) is 8.67. The Morgan fingerprint density at radius 2 is 0.875 bits per heavy atom. The maximum absolute atomic E-state index is 4.25. The second kappa shape index (κ2) is 5.28. The topological polar surface area (TPSA) is 0 Å². The molecule has 0 aromatic heterocycles. The fourth-order valence-corrected chi connectivity index (χ4v) is 1.66. The minimum absolute atomic E-state index is 0.983. The number of hydrogen-bond acceptors (Lipinski definition) is 2. The molecule has 0 heterocycles. The Morgan fingerprint density at radius 3 is 1.19 bits per heavy atom. The van der Waals surface area contributed by atoms with Crippen molar-refractivity contribution in [2.24, 2.45) is 0 Å². The van der Waals surface area contributed by atoms with Crippen molar-refractivity contribution in [1.29, 1.82) is 0 Å². The van der Waals surface area contributed by atoms with Gasteiger partial charge in [-0.1, -0.05) is 36.4 Å². The van der Waals surface area contributed by atoms with Crippen LogP contribution in [0.5, 0.6) is 0 Å². The minimum atomic E-state index is 0.983. The third kappa shape index (κ3) is 3.19. The monoisotopic (exact) mass is 244 g/mol. The molecule has 80 valence electrons. The molecule has 2 aromatic rings. The smallest absolute Gasteiger partial charge is 0.00403 e. The molecule has 0 spiro atoms. The highest BCUT2D eigenvalue weighted by Gasteiger charge is 1.89. The Bertz CT molecular complexity index is 434. The summed E-state index contributed by atoms with van der Waals surface area (Å²) in [5.41, 5.74) is 2.35. The highest BCUT2D eigenvalue weighted by Crippen LogP contribution is 2.13. The van der Waals surface area contributed by atoms with Crippen LogP contribution in [0.2, 0.25) is 0 Å². The quantitative estimate of drug-likeness (QED) is 0.566. The molecule has 0 amide bonds. The van der Waals surface area contributed by atoms with Crippen LogP contribution in [-0.2, 0) is 0 Å². The molecule has 0 radical (unpaired) electrons.